The number of hydrogen-bond donors (Lipinski definition) is 2. The van der Waals surface area contributed by atoms with E-state index in [-0.39, 0.29) is 5.97 Å². The second kappa shape index (κ2) is 34.4. The Bertz CT molecular complexity index is 1060. The average Bonchev–Trinajstić information content (AvgIpc) is 3.16. The predicted molar refractivity (Wildman–Crippen MR) is 218 cm³/mol. The van der Waals surface area contributed by atoms with Gasteiger partial charge in [-0.3, -0.25) is 0 Å². The number of carbonyl (C=O) groups is 2. The molecule has 0 aliphatic carbocycles. The Kier molecular flexibility index (Phi) is 32.6. The molecule has 0 saturated heterocycles. The van der Waals surface area contributed by atoms with Crippen molar-refractivity contribution in [3.63, 3.8) is 0 Å². The van der Waals surface area contributed by atoms with Crippen molar-refractivity contribution in [1.29, 1.82) is 0 Å². The van der Waals surface area contributed by atoms with Crippen LogP contribution in [0, 0.1) is 11.8 Å². The third-order valence-corrected chi connectivity index (χ3v) is 9.82. The fourth-order valence-electron chi connectivity index (χ4n) is 5.93. The molecule has 2 atom stereocenters. The lowest BCUT2D eigenvalue weighted by Gasteiger charge is -2.14. The van der Waals surface area contributed by atoms with E-state index in [9.17, 15) is 9.59 Å². The van der Waals surface area contributed by atoms with Crippen molar-refractivity contribution in [1.82, 2.24) is 0 Å². The Balaban J connectivity index is 0.000000826. The lowest BCUT2D eigenvalue weighted by atomic mass is 10.0. The maximum atomic E-state index is 12.2. The third kappa shape index (κ3) is 26.7. The monoisotopic (exact) mass is 711 g/mol. The molecule has 0 aliphatic heterocycles. The van der Waals surface area contributed by atoms with E-state index >= 15 is 0 Å². The third-order valence-electron chi connectivity index (χ3n) is 9.82. The first-order valence-electron chi connectivity index (χ1n) is 21.0. The summed E-state index contributed by atoms with van der Waals surface area (Å²) in [5.41, 5.74) is 3.61. The van der Waals surface area contributed by atoms with Gasteiger partial charge in [-0.1, -0.05) is 169 Å². The molecule has 2 N–H and O–H groups in total. The summed E-state index contributed by atoms with van der Waals surface area (Å²) in [5, 5.41) is 17.5. The number of aryl methyl sites for hydroxylation is 2. The minimum absolute atomic E-state index is 0.180. The number of rotatable bonds is 27. The Labute approximate surface area is 314 Å². The number of carboxylic acid groups (broad SMARTS) is 1. The highest BCUT2D eigenvalue weighted by atomic mass is 16.5. The SMILES string of the molecule is CCCCC(CC)CO.CCCCCCCCc1ccc(C(=O)O)cc1.CCCCCCCCc1ccc(C(=O)OCC(CC)CCCC)cc1. The first-order chi connectivity index (χ1) is 24.8. The molecule has 0 amide bonds. The number of aromatic carboxylic acids is 1. The summed E-state index contributed by atoms with van der Waals surface area (Å²) in [6.07, 6.45) is 27.3. The lowest BCUT2D eigenvalue weighted by molar-refractivity contribution is 0.0428. The smallest absolute Gasteiger partial charge is 0.338 e. The normalized spacial score (nSPS) is 11.8. The summed E-state index contributed by atoms with van der Waals surface area (Å²) < 4.78 is 5.52. The summed E-state index contributed by atoms with van der Waals surface area (Å²) in [4.78, 5) is 22.9. The molecule has 0 aromatic heterocycles. The first kappa shape index (κ1) is 48.3. The van der Waals surface area contributed by atoms with Crippen LogP contribution >= 0.6 is 0 Å². The van der Waals surface area contributed by atoms with Gasteiger partial charge < -0.3 is 14.9 Å². The maximum Gasteiger partial charge on any atom is 0.338 e. The van der Waals surface area contributed by atoms with Crippen molar-refractivity contribution in [2.75, 3.05) is 13.2 Å². The van der Waals surface area contributed by atoms with Gasteiger partial charge in [-0.05, 0) is 85.8 Å². The molecule has 0 aliphatic rings. The summed E-state index contributed by atoms with van der Waals surface area (Å²) in [7, 11) is 0. The largest absolute Gasteiger partial charge is 0.478 e. The van der Waals surface area contributed by atoms with E-state index in [4.69, 9.17) is 14.9 Å². The van der Waals surface area contributed by atoms with Gasteiger partial charge in [-0.25, -0.2) is 9.59 Å². The quantitative estimate of drug-likeness (QED) is 0.0712. The molecule has 0 radical (unpaired) electrons. The van der Waals surface area contributed by atoms with Crippen LogP contribution in [-0.2, 0) is 17.6 Å². The second-order valence-electron chi connectivity index (χ2n) is 14.3. The molecule has 0 saturated carbocycles. The van der Waals surface area contributed by atoms with E-state index in [0.29, 0.717) is 36.2 Å². The summed E-state index contributed by atoms with van der Waals surface area (Å²) >= 11 is 0. The van der Waals surface area contributed by atoms with Gasteiger partial charge in [0.05, 0.1) is 17.7 Å². The molecule has 0 spiro atoms. The van der Waals surface area contributed by atoms with Gasteiger partial charge in [0, 0.05) is 6.61 Å². The fraction of sp³-hybridized carbons (Fsp3) is 0.696. The molecule has 292 valence electrons. The van der Waals surface area contributed by atoms with Crippen molar-refractivity contribution >= 4 is 11.9 Å². The minimum Gasteiger partial charge on any atom is -0.478 e. The molecule has 2 rings (SSSR count). The average molecular weight is 711 g/mol. The van der Waals surface area contributed by atoms with Crippen LogP contribution in [0.4, 0.5) is 0 Å². The van der Waals surface area contributed by atoms with E-state index in [2.05, 4.69) is 53.7 Å². The van der Waals surface area contributed by atoms with Crippen molar-refractivity contribution in [3.8, 4) is 0 Å². The molecular weight excluding hydrogens is 633 g/mol. The van der Waals surface area contributed by atoms with Gasteiger partial charge in [0.15, 0.2) is 0 Å². The number of hydrogen-bond acceptors (Lipinski definition) is 4. The van der Waals surface area contributed by atoms with Crippen LogP contribution < -0.4 is 0 Å². The highest BCUT2D eigenvalue weighted by Crippen LogP contribution is 2.16. The van der Waals surface area contributed by atoms with E-state index in [1.807, 2.05) is 24.3 Å². The van der Waals surface area contributed by atoms with Gasteiger partial charge in [-0.2, -0.15) is 0 Å². The zero-order valence-corrected chi connectivity index (χ0v) is 33.9. The standard InChI is InChI=1S/C23H38O2.C15H22O2.C8H18O/c1-4-7-9-10-11-12-14-21-15-17-22(18-16-21)23(24)25-19-20(6-3)13-8-5-2;1-2-3-4-5-6-7-8-13-9-11-14(12-10-13)15(16)17;1-3-5-6-8(4-2)7-9/h15-18,20H,4-14,19H2,1-3H3;9-12H,2-8H2,1H3,(H,16,17);8-9H,3-7H2,1-2H3. The lowest BCUT2D eigenvalue weighted by Crippen LogP contribution is -2.14. The fourth-order valence-corrected chi connectivity index (χ4v) is 5.93. The van der Waals surface area contributed by atoms with E-state index in [1.54, 1.807) is 12.1 Å². The predicted octanol–water partition coefficient (Wildman–Crippen LogP) is 13.4. The van der Waals surface area contributed by atoms with Crippen LogP contribution in [-0.4, -0.2) is 35.4 Å². The zero-order valence-electron chi connectivity index (χ0n) is 33.9. The summed E-state index contributed by atoms with van der Waals surface area (Å²) in [6, 6.07) is 15.2. The van der Waals surface area contributed by atoms with Gasteiger partial charge in [0.1, 0.15) is 0 Å². The number of carboxylic acids is 1. The highest BCUT2D eigenvalue weighted by Gasteiger charge is 2.12. The molecule has 2 aromatic rings. The molecule has 5 heteroatoms. The number of carbonyl (C=O) groups excluding carboxylic acids is 1. The highest BCUT2D eigenvalue weighted by molar-refractivity contribution is 5.89. The van der Waals surface area contributed by atoms with Crippen LogP contribution in [0.15, 0.2) is 48.5 Å². The van der Waals surface area contributed by atoms with E-state index < -0.39 is 5.97 Å². The van der Waals surface area contributed by atoms with Gasteiger partial charge in [0.25, 0.3) is 0 Å². The van der Waals surface area contributed by atoms with Crippen LogP contribution in [0.5, 0.6) is 0 Å². The molecule has 51 heavy (non-hydrogen) atoms. The van der Waals surface area contributed by atoms with Crippen LogP contribution in [0.1, 0.15) is 202 Å². The van der Waals surface area contributed by atoms with Crippen LogP contribution in [0.25, 0.3) is 0 Å². The molecule has 2 unspecified atom stereocenters. The van der Waals surface area contributed by atoms with Gasteiger partial charge >= 0.3 is 11.9 Å². The summed E-state index contributed by atoms with van der Waals surface area (Å²) in [5.74, 6) is 0.0259. The number of benzene rings is 2. The van der Waals surface area contributed by atoms with Crippen LogP contribution in [0.3, 0.4) is 0 Å². The Morgan fingerprint density at radius 2 is 0.922 bits per heavy atom. The van der Waals surface area contributed by atoms with Crippen molar-refractivity contribution < 1.29 is 24.5 Å². The Hall–Kier alpha value is -2.66. The van der Waals surface area contributed by atoms with E-state index in [0.717, 1.165) is 32.1 Å². The number of ether oxygens (including phenoxy) is 1. The van der Waals surface area contributed by atoms with Gasteiger partial charge in [0.2, 0.25) is 0 Å². The first-order valence-corrected chi connectivity index (χ1v) is 21.0. The minimum atomic E-state index is -0.851. The molecular formula is C46H78O5. The van der Waals surface area contributed by atoms with E-state index in [1.165, 1.54) is 120 Å². The number of esters is 1. The molecule has 0 heterocycles. The number of aliphatic hydroxyl groups is 1. The Morgan fingerprint density at radius 1 is 0.529 bits per heavy atom. The maximum absolute atomic E-state index is 12.2. The number of aliphatic hydroxyl groups excluding tert-OH is 1. The number of unbranched alkanes of at least 4 members (excludes halogenated alkanes) is 12. The molecule has 0 fully saturated rings. The van der Waals surface area contributed by atoms with Crippen LogP contribution in [0.2, 0.25) is 0 Å². The van der Waals surface area contributed by atoms with Crippen molar-refractivity contribution in [2.45, 2.75) is 183 Å². The molecule has 0 bridgehead atoms. The topological polar surface area (TPSA) is 83.8 Å². The molecule has 5 nitrogen and oxygen atoms in total. The zero-order chi connectivity index (χ0) is 38.0. The Morgan fingerprint density at radius 3 is 1.31 bits per heavy atom. The van der Waals surface area contributed by atoms with Crippen molar-refractivity contribution in [3.05, 3.63) is 70.8 Å². The van der Waals surface area contributed by atoms with Crippen molar-refractivity contribution in [2.24, 2.45) is 11.8 Å². The summed E-state index contributed by atoms with van der Waals surface area (Å²) in [6.45, 7) is 14.1. The molecule has 2 aromatic carbocycles. The second-order valence-corrected chi connectivity index (χ2v) is 14.3. The van der Waals surface area contributed by atoms with Gasteiger partial charge in [-0.15, -0.1) is 0 Å².